The number of rotatable bonds is 1. The summed E-state index contributed by atoms with van der Waals surface area (Å²) in [6.07, 6.45) is 0. The van der Waals surface area contributed by atoms with E-state index in [0.29, 0.717) is 5.58 Å². The van der Waals surface area contributed by atoms with Crippen LogP contribution in [0.15, 0.2) is 18.1 Å². The quantitative estimate of drug-likeness (QED) is 0.582. The molecule has 0 saturated carbocycles. The van der Waals surface area contributed by atoms with Gasteiger partial charge in [0, 0.05) is 0 Å². The first-order valence-electron chi connectivity index (χ1n) is 2.79. The van der Waals surface area contributed by atoms with Crippen molar-refractivity contribution >= 4 is 18.5 Å². The number of hydrogen-bond acceptors (Lipinski definition) is 2. The monoisotopic (exact) mass is 135 g/mol. The number of nitrogen functional groups attached to an aromatic ring is 1. The Hall–Kier alpha value is -1.32. The van der Waals surface area contributed by atoms with Crippen molar-refractivity contribution in [2.75, 3.05) is 5.73 Å². The molecule has 0 aliphatic rings. The molecule has 0 saturated heterocycles. The van der Waals surface area contributed by atoms with Gasteiger partial charge in [0.2, 0.25) is 0 Å². The zero-order chi connectivity index (χ0) is 7.56. The third-order valence-electron chi connectivity index (χ3n) is 1.13. The molecule has 4 heteroatoms. The molecule has 0 radical (unpaired) electrons. The van der Waals surface area contributed by atoms with Crippen molar-refractivity contribution < 1.29 is 9.90 Å². The fourth-order valence-electron chi connectivity index (χ4n) is 0.672. The van der Waals surface area contributed by atoms with Crippen LogP contribution in [0.2, 0.25) is 0 Å². The summed E-state index contributed by atoms with van der Waals surface area (Å²) in [5.41, 5.74) is 6.03. The summed E-state index contributed by atoms with van der Waals surface area (Å²) >= 11 is 0. The maximum absolute atomic E-state index is 10.3. The number of anilines is 1. The third kappa shape index (κ3) is 1.34. The standard InChI is InChI=1S/C6H6BNO2/c8-5-3-4(6(9)10)1-2-7-5/h1-3H,8H2,(H,9,10). The summed E-state index contributed by atoms with van der Waals surface area (Å²) in [6.45, 7) is 1.65. The van der Waals surface area contributed by atoms with Gasteiger partial charge in [-0.2, -0.15) is 0 Å². The number of carboxylic acids is 1. The Bertz CT molecular complexity index is 262. The fraction of sp³-hybridized carbons (Fsp3) is 0. The molecule has 3 nitrogen and oxygen atoms in total. The van der Waals surface area contributed by atoms with E-state index < -0.39 is 5.97 Å². The number of carboxylic acid groups (broad SMARTS) is 1. The van der Waals surface area contributed by atoms with Crippen molar-refractivity contribution in [3.8, 4) is 0 Å². The molecule has 1 heterocycles. The number of hydrogen-bond donors (Lipinski definition) is 2. The Labute approximate surface area is 58.7 Å². The molecular formula is C6H6BNO2. The van der Waals surface area contributed by atoms with Crippen LogP contribution in [0.5, 0.6) is 0 Å². The van der Waals surface area contributed by atoms with Crippen molar-refractivity contribution in [2.45, 2.75) is 0 Å². The van der Waals surface area contributed by atoms with Crippen LogP contribution in [0.4, 0.5) is 5.58 Å². The summed E-state index contributed by atoms with van der Waals surface area (Å²) in [6, 6.07) is 2.92. The molecule has 1 rings (SSSR count). The molecule has 0 spiro atoms. The topological polar surface area (TPSA) is 63.3 Å². The Morgan fingerprint density at radius 3 is 2.80 bits per heavy atom. The normalized spacial score (nSPS) is 8.80. The van der Waals surface area contributed by atoms with Crippen molar-refractivity contribution in [3.05, 3.63) is 23.7 Å². The Balaban J connectivity index is 3.07. The van der Waals surface area contributed by atoms with Gasteiger partial charge in [-0.15, -0.1) is 0 Å². The van der Waals surface area contributed by atoms with E-state index in [1.807, 2.05) is 0 Å². The summed E-state index contributed by atoms with van der Waals surface area (Å²) < 4.78 is 0. The van der Waals surface area contributed by atoms with Crippen LogP contribution in [0.1, 0.15) is 10.4 Å². The average molecular weight is 135 g/mol. The Morgan fingerprint density at radius 2 is 2.40 bits per heavy atom. The second kappa shape index (κ2) is 2.52. The van der Waals surface area contributed by atoms with E-state index in [4.69, 9.17) is 10.8 Å². The van der Waals surface area contributed by atoms with Crippen LogP contribution in [0.25, 0.3) is 0 Å². The zero-order valence-electron chi connectivity index (χ0n) is 5.24. The van der Waals surface area contributed by atoms with Crippen molar-refractivity contribution in [2.24, 2.45) is 0 Å². The van der Waals surface area contributed by atoms with Crippen LogP contribution in [-0.4, -0.2) is 18.0 Å². The first-order chi connectivity index (χ1) is 4.70. The molecular weight excluding hydrogens is 129 g/mol. The van der Waals surface area contributed by atoms with E-state index in [9.17, 15) is 4.79 Å². The SMILES string of the molecule is Nc1bccc(C(=O)O)c1. The summed E-state index contributed by atoms with van der Waals surface area (Å²) in [7, 11) is 0. The van der Waals surface area contributed by atoms with Gasteiger partial charge in [0.25, 0.3) is 0 Å². The van der Waals surface area contributed by atoms with Gasteiger partial charge in [-0.05, 0) is 0 Å². The molecule has 3 N–H and O–H groups in total. The first kappa shape index (κ1) is 6.80. The van der Waals surface area contributed by atoms with E-state index in [1.54, 1.807) is 12.9 Å². The summed E-state index contributed by atoms with van der Waals surface area (Å²) in [4.78, 5) is 10.3. The van der Waals surface area contributed by atoms with Crippen LogP contribution in [0.3, 0.4) is 0 Å². The van der Waals surface area contributed by atoms with E-state index in [-0.39, 0.29) is 5.56 Å². The molecule has 0 unspecified atom stereocenters. The molecule has 0 atom stereocenters. The molecule has 0 amide bonds. The molecule has 10 heavy (non-hydrogen) atoms. The van der Waals surface area contributed by atoms with E-state index in [2.05, 4.69) is 0 Å². The molecule has 0 aliphatic carbocycles. The van der Waals surface area contributed by atoms with Gasteiger partial charge < -0.3 is 0 Å². The average Bonchev–Trinajstić information content (AvgIpc) is 1.88. The molecule has 1 aromatic rings. The van der Waals surface area contributed by atoms with E-state index >= 15 is 0 Å². The maximum atomic E-state index is 10.3. The predicted molar refractivity (Wildman–Crippen MR) is 39.2 cm³/mol. The number of carbonyl (C=O) groups is 1. The first-order valence-corrected chi connectivity index (χ1v) is 2.79. The van der Waals surface area contributed by atoms with Crippen molar-refractivity contribution in [3.63, 3.8) is 0 Å². The molecule has 0 aromatic carbocycles. The van der Waals surface area contributed by atoms with Gasteiger partial charge >= 0.3 is 57.8 Å². The number of aromatic carboxylic acids is 1. The van der Waals surface area contributed by atoms with Gasteiger partial charge in [0.1, 0.15) is 0 Å². The minimum absolute atomic E-state index is 0.222. The van der Waals surface area contributed by atoms with Gasteiger partial charge in [-0.25, -0.2) is 0 Å². The summed E-state index contributed by atoms with van der Waals surface area (Å²) in [5.74, 6) is 0.658. The van der Waals surface area contributed by atoms with Crippen LogP contribution in [-0.2, 0) is 0 Å². The number of nitrogens with two attached hydrogens (primary N) is 1. The van der Waals surface area contributed by atoms with Crippen LogP contribution < -0.4 is 5.73 Å². The van der Waals surface area contributed by atoms with Crippen molar-refractivity contribution in [1.82, 2.24) is 0 Å². The predicted octanol–water partition coefficient (Wildman–Crippen LogP) is 0.305. The van der Waals surface area contributed by atoms with Crippen LogP contribution in [0, 0.1) is 0 Å². The van der Waals surface area contributed by atoms with Gasteiger partial charge in [0.15, 0.2) is 0 Å². The molecule has 50 valence electrons. The Morgan fingerprint density at radius 1 is 1.70 bits per heavy atom. The molecule has 1 aromatic heterocycles. The summed E-state index contributed by atoms with van der Waals surface area (Å²) in [5, 5.41) is 8.45. The second-order valence-electron chi connectivity index (χ2n) is 1.93. The van der Waals surface area contributed by atoms with Crippen molar-refractivity contribution in [1.29, 1.82) is 0 Å². The van der Waals surface area contributed by atoms with Gasteiger partial charge in [-0.1, -0.05) is 0 Å². The zero-order valence-corrected chi connectivity index (χ0v) is 5.24. The van der Waals surface area contributed by atoms with E-state index in [0.717, 1.165) is 0 Å². The van der Waals surface area contributed by atoms with Gasteiger partial charge in [-0.3, -0.25) is 0 Å². The third-order valence-corrected chi connectivity index (χ3v) is 1.13. The van der Waals surface area contributed by atoms with Gasteiger partial charge in [0.05, 0.1) is 0 Å². The fourth-order valence-corrected chi connectivity index (χ4v) is 0.672. The minimum atomic E-state index is -0.952. The molecule has 0 aliphatic heterocycles. The second-order valence-corrected chi connectivity index (χ2v) is 1.93. The Kier molecular flexibility index (Phi) is 1.71. The molecule has 0 bridgehead atoms. The van der Waals surface area contributed by atoms with Crippen LogP contribution >= 0.6 is 0 Å². The molecule has 0 fully saturated rings. The van der Waals surface area contributed by atoms with E-state index in [1.165, 1.54) is 12.1 Å².